The molecule has 0 saturated heterocycles. The molecule has 4 nitrogen and oxygen atoms in total. The zero-order chi connectivity index (χ0) is 14.7. The standard InChI is InChI=1S/C15H16ClN3O/c1-10-5-4-6-12(7-10)8-19(3)15-13(9-20)14(16)17-11(2)18-15/h4-7,9H,8H2,1-3H3. The Kier molecular flexibility index (Phi) is 4.35. The van der Waals surface area contributed by atoms with Gasteiger partial charge in [0.25, 0.3) is 0 Å². The van der Waals surface area contributed by atoms with Crippen molar-refractivity contribution in [2.45, 2.75) is 20.4 Å². The Morgan fingerprint density at radius 2 is 2.05 bits per heavy atom. The summed E-state index contributed by atoms with van der Waals surface area (Å²) in [6, 6.07) is 8.20. The number of hydrogen-bond donors (Lipinski definition) is 0. The van der Waals surface area contributed by atoms with Gasteiger partial charge in [0, 0.05) is 13.6 Å². The first-order valence-corrected chi connectivity index (χ1v) is 6.65. The van der Waals surface area contributed by atoms with Gasteiger partial charge in [-0.3, -0.25) is 4.79 Å². The van der Waals surface area contributed by atoms with Crippen LogP contribution in [0.15, 0.2) is 24.3 Å². The first-order chi connectivity index (χ1) is 9.51. The molecule has 0 N–H and O–H groups in total. The lowest BCUT2D eigenvalue weighted by Gasteiger charge is -2.20. The zero-order valence-electron chi connectivity index (χ0n) is 11.7. The second-order valence-corrected chi connectivity index (χ2v) is 5.12. The number of aldehydes is 1. The van der Waals surface area contributed by atoms with Gasteiger partial charge in [-0.05, 0) is 19.4 Å². The summed E-state index contributed by atoms with van der Waals surface area (Å²) < 4.78 is 0. The lowest BCUT2D eigenvalue weighted by molar-refractivity contribution is 0.112. The van der Waals surface area contributed by atoms with E-state index >= 15 is 0 Å². The fraction of sp³-hybridized carbons (Fsp3) is 0.267. The van der Waals surface area contributed by atoms with E-state index in [1.807, 2.05) is 37.1 Å². The van der Waals surface area contributed by atoms with Crippen molar-refractivity contribution in [3.05, 3.63) is 51.9 Å². The molecule has 2 aromatic rings. The monoisotopic (exact) mass is 289 g/mol. The van der Waals surface area contributed by atoms with E-state index in [2.05, 4.69) is 16.0 Å². The lowest BCUT2D eigenvalue weighted by Crippen LogP contribution is -2.20. The largest absolute Gasteiger partial charge is 0.355 e. The van der Waals surface area contributed by atoms with E-state index in [1.165, 1.54) is 5.56 Å². The third kappa shape index (κ3) is 3.14. The minimum Gasteiger partial charge on any atom is -0.355 e. The highest BCUT2D eigenvalue weighted by molar-refractivity contribution is 6.32. The van der Waals surface area contributed by atoms with Gasteiger partial charge in [-0.15, -0.1) is 0 Å². The molecule has 0 fully saturated rings. The summed E-state index contributed by atoms with van der Waals surface area (Å²) in [6.45, 7) is 4.45. The number of nitrogens with zero attached hydrogens (tertiary/aromatic N) is 3. The Hall–Kier alpha value is -1.94. The van der Waals surface area contributed by atoms with E-state index in [-0.39, 0.29) is 5.15 Å². The van der Waals surface area contributed by atoms with Crippen LogP contribution in [0.5, 0.6) is 0 Å². The Bertz CT molecular complexity index is 643. The number of hydrogen-bond acceptors (Lipinski definition) is 4. The summed E-state index contributed by atoms with van der Waals surface area (Å²) in [4.78, 5) is 21.4. The molecule has 0 amide bonds. The first-order valence-electron chi connectivity index (χ1n) is 6.27. The molecular formula is C15H16ClN3O. The number of aromatic nitrogens is 2. The minimum absolute atomic E-state index is 0.193. The molecule has 0 saturated carbocycles. The van der Waals surface area contributed by atoms with E-state index in [0.717, 1.165) is 5.56 Å². The average Bonchev–Trinajstić information content (AvgIpc) is 2.37. The van der Waals surface area contributed by atoms with Gasteiger partial charge in [0.05, 0.1) is 5.56 Å². The lowest BCUT2D eigenvalue weighted by atomic mass is 10.1. The Morgan fingerprint density at radius 3 is 2.70 bits per heavy atom. The van der Waals surface area contributed by atoms with Crippen LogP contribution in [-0.4, -0.2) is 23.3 Å². The van der Waals surface area contributed by atoms with Gasteiger partial charge in [0.1, 0.15) is 16.8 Å². The van der Waals surface area contributed by atoms with Crippen molar-refractivity contribution in [3.63, 3.8) is 0 Å². The molecule has 0 radical (unpaired) electrons. The van der Waals surface area contributed by atoms with Crippen LogP contribution in [0.25, 0.3) is 0 Å². The third-order valence-corrected chi connectivity index (χ3v) is 3.26. The predicted molar refractivity (Wildman–Crippen MR) is 80.5 cm³/mol. The van der Waals surface area contributed by atoms with Crippen LogP contribution in [0.3, 0.4) is 0 Å². The van der Waals surface area contributed by atoms with E-state index in [9.17, 15) is 4.79 Å². The second-order valence-electron chi connectivity index (χ2n) is 4.76. The van der Waals surface area contributed by atoms with Crippen LogP contribution < -0.4 is 4.90 Å². The number of aryl methyl sites for hydroxylation is 2. The molecule has 1 aromatic heterocycles. The summed E-state index contributed by atoms with van der Waals surface area (Å²) in [5.74, 6) is 1.10. The average molecular weight is 290 g/mol. The molecule has 0 aliphatic rings. The van der Waals surface area contributed by atoms with Crippen molar-refractivity contribution in [3.8, 4) is 0 Å². The highest BCUT2D eigenvalue weighted by Gasteiger charge is 2.15. The van der Waals surface area contributed by atoms with E-state index in [1.54, 1.807) is 6.92 Å². The van der Waals surface area contributed by atoms with Gasteiger partial charge in [-0.25, -0.2) is 9.97 Å². The number of anilines is 1. The molecule has 0 unspecified atom stereocenters. The van der Waals surface area contributed by atoms with Crippen molar-refractivity contribution in [2.24, 2.45) is 0 Å². The Balaban J connectivity index is 2.33. The fourth-order valence-electron chi connectivity index (χ4n) is 2.08. The normalized spacial score (nSPS) is 10.4. The summed E-state index contributed by atoms with van der Waals surface area (Å²) in [7, 11) is 1.88. The second kappa shape index (κ2) is 6.01. The van der Waals surface area contributed by atoms with Crippen LogP contribution in [0, 0.1) is 13.8 Å². The number of rotatable bonds is 4. The van der Waals surface area contributed by atoms with Crippen LogP contribution >= 0.6 is 11.6 Å². The predicted octanol–water partition coefficient (Wildman–Crippen LogP) is 3.20. The van der Waals surface area contributed by atoms with Crippen molar-refractivity contribution in [2.75, 3.05) is 11.9 Å². The molecule has 2 rings (SSSR count). The molecule has 0 spiro atoms. The summed E-state index contributed by atoms with van der Waals surface area (Å²) in [5, 5.41) is 0.193. The Morgan fingerprint density at radius 1 is 1.30 bits per heavy atom. The summed E-state index contributed by atoms with van der Waals surface area (Å²) >= 11 is 6.00. The highest BCUT2D eigenvalue weighted by Crippen LogP contribution is 2.23. The quantitative estimate of drug-likeness (QED) is 0.640. The molecule has 20 heavy (non-hydrogen) atoms. The summed E-state index contributed by atoms with van der Waals surface area (Å²) in [6.07, 6.45) is 0.698. The maximum Gasteiger partial charge on any atom is 0.156 e. The molecule has 5 heteroatoms. The molecule has 0 aliphatic carbocycles. The van der Waals surface area contributed by atoms with Crippen molar-refractivity contribution in [1.29, 1.82) is 0 Å². The van der Waals surface area contributed by atoms with Gasteiger partial charge < -0.3 is 4.90 Å². The number of carbonyl (C=O) groups is 1. The van der Waals surface area contributed by atoms with E-state index in [0.29, 0.717) is 30.0 Å². The number of carbonyl (C=O) groups excluding carboxylic acids is 1. The molecule has 1 heterocycles. The summed E-state index contributed by atoms with van der Waals surface area (Å²) in [5.41, 5.74) is 2.67. The first kappa shape index (κ1) is 14.5. The highest BCUT2D eigenvalue weighted by atomic mass is 35.5. The van der Waals surface area contributed by atoms with Crippen LogP contribution in [0.2, 0.25) is 5.15 Å². The van der Waals surface area contributed by atoms with Gasteiger partial charge in [-0.1, -0.05) is 41.4 Å². The van der Waals surface area contributed by atoms with Gasteiger partial charge in [0.15, 0.2) is 6.29 Å². The fourth-order valence-corrected chi connectivity index (χ4v) is 2.34. The van der Waals surface area contributed by atoms with E-state index in [4.69, 9.17) is 11.6 Å². The molecule has 104 valence electrons. The maximum atomic E-state index is 11.2. The van der Waals surface area contributed by atoms with Crippen molar-refractivity contribution >= 4 is 23.7 Å². The van der Waals surface area contributed by atoms with Crippen LogP contribution in [0.1, 0.15) is 27.3 Å². The SMILES string of the molecule is Cc1cccc(CN(C)c2nc(C)nc(Cl)c2C=O)c1. The molecular weight excluding hydrogens is 274 g/mol. The number of benzene rings is 1. The molecule has 0 atom stereocenters. The molecule has 0 bridgehead atoms. The third-order valence-electron chi connectivity index (χ3n) is 2.97. The minimum atomic E-state index is 0.193. The van der Waals surface area contributed by atoms with Gasteiger partial charge >= 0.3 is 0 Å². The molecule has 0 aliphatic heterocycles. The topological polar surface area (TPSA) is 46.1 Å². The van der Waals surface area contributed by atoms with Crippen molar-refractivity contribution < 1.29 is 4.79 Å². The maximum absolute atomic E-state index is 11.2. The molecule has 1 aromatic carbocycles. The number of halogens is 1. The smallest absolute Gasteiger partial charge is 0.156 e. The van der Waals surface area contributed by atoms with Crippen molar-refractivity contribution in [1.82, 2.24) is 9.97 Å². The Labute approximate surface area is 123 Å². The van der Waals surface area contributed by atoms with Gasteiger partial charge in [0.2, 0.25) is 0 Å². The van der Waals surface area contributed by atoms with Gasteiger partial charge in [-0.2, -0.15) is 0 Å². The van der Waals surface area contributed by atoms with Crippen LogP contribution in [-0.2, 0) is 6.54 Å². The van der Waals surface area contributed by atoms with Crippen LogP contribution in [0.4, 0.5) is 5.82 Å². The zero-order valence-corrected chi connectivity index (χ0v) is 12.5. The van der Waals surface area contributed by atoms with E-state index < -0.39 is 0 Å².